The Morgan fingerprint density at radius 3 is 2.40 bits per heavy atom. The number of tetrazole rings is 1. The van der Waals surface area contributed by atoms with E-state index in [0.29, 0.717) is 10.2 Å². The number of aromatic nitrogens is 4. The highest BCUT2D eigenvalue weighted by atomic mass is 35.5. The molecule has 0 radical (unpaired) electrons. The predicted octanol–water partition coefficient (Wildman–Crippen LogP) is 5.34. The third-order valence-electron chi connectivity index (χ3n) is 4.11. The summed E-state index contributed by atoms with van der Waals surface area (Å²) >= 11 is 20.2. The van der Waals surface area contributed by atoms with Crippen molar-refractivity contribution in [3.8, 4) is 5.69 Å². The summed E-state index contributed by atoms with van der Waals surface area (Å²) in [6.07, 6.45) is 0.755. The van der Waals surface area contributed by atoms with Gasteiger partial charge >= 0.3 is 0 Å². The van der Waals surface area contributed by atoms with Crippen LogP contribution in [0.5, 0.6) is 0 Å². The van der Waals surface area contributed by atoms with Gasteiger partial charge in [0.1, 0.15) is 4.33 Å². The van der Waals surface area contributed by atoms with E-state index in [1.165, 1.54) is 0 Å². The van der Waals surface area contributed by atoms with Gasteiger partial charge in [0.15, 0.2) is 0 Å². The monoisotopic (exact) mass is 410 g/mol. The molecule has 0 saturated heterocycles. The maximum absolute atomic E-state index is 6.35. The standard InChI is InChI=1S/C17H13Cl3N4S/c18-12-6-8-13(9-7-12)24-16(21-22-23-24)25-15(14-10-17(14,19)20)11-4-2-1-3-5-11/h1-9,14-15H,10H2. The molecule has 8 heteroatoms. The number of hydrogen-bond donors (Lipinski definition) is 0. The average Bonchev–Trinajstić information content (AvgIpc) is 3.03. The third-order valence-corrected chi connectivity index (χ3v) is 6.55. The SMILES string of the molecule is Clc1ccc(-n2nnnc2SC(c2ccccc2)C2CC2(Cl)Cl)cc1. The molecule has 4 nitrogen and oxygen atoms in total. The average molecular weight is 412 g/mol. The van der Waals surface area contributed by atoms with Crippen molar-refractivity contribution in [2.24, 2.45) is 5.92 Å². The Balaban J connectivity index is 1.66. The molecular formula is C17H13Cl3N4S. The lowest BCUT2D eigenvalue weighted by Gasteiger charge is -2.17. The van der Waals surface area contributed by atoms with Crippen molar-refractivity contribution in [2.45, 2.75) is 21.2 Å². The van der Waals surface area contributed by atoms with Crippen LogP contribution in [0.1, 0.15) is 17.2 Å². The van der Waals surface area contributed by atoms with Gasteiger partial charge in [0.2, 0.25) is 5.16 Å². The van der Waals surface area contributed by atoms with Crippen molar-refractivity contribution < 1.29 is 0 Å². The van der Waals surface area contributed by atoms with E-state index in [4.69, 9.17) is 34.8 Å². The van der Waals surface area contributed by atoms with Crippen molar-refractivity contribution in [1.82, 2.24) is 20.2 Å². The second kappa shape index (κ2) is 6.80. The van der Waals surface area contributed by atoms with Gasteiger partial charge in [0, 0.05) is 16.2 Å². The molecule has 1 fully saturated rings. The van der Waals surface area contributed by atoms with Gasteiger partial charge in [-0.1, -0.05) is 53.7 Å². The molecule has 1 aromatic heterocycles. The van der Waals surface area contributed by atoms with Crippen LogP contribution in [-0.2, 0) is 0 Å². The maximum atomic E-state index is 6.35. The van der Waals surface area contributed by atoms with E-state index >= 15 is 0 Å². The maximum Gasteiger partial charge on any atom is 0.214 e. The molecule has 4 rings (SSSR count). The Morgan fingerprint density at radius 2 is 1.76 bits per heavy atom. The summed E-state index contributed by atoms with van der Waals surface area (Å²) in [7, 11) is 0. The topological polar surface area (TPSA) is 43.6 Å². The molecule has 2 atom stereocenters. The van der Waals surface area contributed by atoms with E-state index in [0.717, 1.165) is 17.7 Å². The zero-order valence-electron chi connectivity index (χ0n) is 12.9. The molecule has 25 heavy (non-hydrogen) atoms. The summed E-state index contributed by atoms with van der Waals surface area (Å²) < 4.78 is 1.01. The minimum atomic E-state index is -0.688. The van der Waals surface area contributed by atoms with E-state index in [-0.39, 0.29) is 11.2 Å². The van der Waals surface area contributed by atoms with Crippen LogP contribution in [-0.4, -0.2) is 24.5 Å². The highest BCUT2D eigenvalue weighted by molar-refractivity contribution is 7.99. The molecule has 1 saturated carbocycles. The summed E-state index contributed by atoms with van der Waals surface area (Å²) in [4.78, 5) is 0. The van der Waals surface area contributed by atoms with E-state index in [9.17, 15) is 0 Å². The van der Waals surface area contributed by atoms with Crippen LogP contribution < -0.4 is 0 Å². The Morgan fingerprint density at radius 1 is 1.08 bits per heavy atom. The molecule has 0 amide bonds. The highest BCUT2D eigenvalue weighted by Crippen LogP contribution is 2.63. The Labute approximate surface area is 164 Å². The smallest absolute Gasteiger partial charge is 0.187 e. The van der Waals surface area contributed by atoms with Gasteiger partial charge in [0.05, 0.1) is 5.69 Å². The van der Waals surface area contributed by atoms with Crippen LogP contribution in [0.3, 0.4) is 0 Å². The van der Waals surface area contributed by atoms with Gasteiger partial charge in [-0.05, 0) is 46.7 Å². The van der Waals surface area contributed by atoms with Gasteiger partial charge in [-0.15, -0.1) is 28.3 Å². The number of hydrogen-bond acceptors (Lipinski definition) is 4. The normalized spacial score (nSPS) is 19.6. The van der Waals surface area contributed by atoms with Gasteiger partial charge in [-0.25, -0.2) is 0 Å². The summed E-state index contributed by atoms with van der Waals surface area (Å²) in [5.41, 5.74) is 2.01. The molecule has 2 aromatic carbocycles. The molecule has 128 valence electrons. The van der Waals surface area contributed by atoms with Gasteiger partial charge in [0.25, 0.3) is 0 Å². The lowest BCUT2D eigenvalue weighted by atomic mass is 10.1. The molecule has 0 spiro atoms. The predicted molar refractivity (Wildman–Crippen MR) is 102 cm³/mol. The van der Waals surface area contributed by atoms with E-state index in [1.807, 2.05) is 42.5 Å². The van der Waals surface area contributed by atoms with Crippen LogP contribution in [0.15, 0.2) is 59.8 Å². The van der Waals surface area contributed by atoms with Crippen molar-refractivity contribution in [1.29, 1.82) is 0 Å². The zero-order valence-corrected chi connectivity index (χ0v) is 16.0. The van der Waals surface area contributed by atoms with Gasteiger partial charge < -0.3 is 0 Å². The van der Waals surface area contributed by atoms with Crippen molar-refractivity contribution in [3.63, 3.8) is 0 Å². The van der Waals surface area contributed by atoms with Crippen LogP contribution in [0.2, 0.25) is 5.02 Å². The second-order valence-corrected chi connectivity index (χ2v) is 8.96. The first kappa shape index (κ1) is 17.2. The Bertz CT molecular complexity index is 867. The van der Waals surface area contributed by atoms with Gasteiger partial charge in [-0.2, -0.15) is 4.68 Å². The zero-order chi connectivity index (χ0) is 17.4. The van der Waals surface area contributed by atoms with Crippen LogP contribution in [0, 0.1) is 5.92 Å². The molecule has 3 aromatic rings. The molecule has 1 aliphatic rings. The number of rotatable bonds is 5. The van der Waals surface area contributed by atoms with E-state index < -0.39 is 4.33 Å². The van der Waals surface area contributed by atoms with Crippen LogP contribution in [0.25, 0.3) is 5.69 Å². The summed E-state index contributed by atoms with van der Waals surface area (Å²) in [5, 5.41) is 13.5. The highest BCUT2D eigenvalue weighted by Gasteiger charge is 2.56. The fourth-order valence-corrected chi connectivity index (χ4v) is 4.90. The molecular weight excluding hydrogens is 399 g/mol. The number of halogens is 3. The lowest BCUT2D eigenvalue weighted by molar-refractivity contribution is 0.745. The molecule has 2 unspecified atom stereocenters. The van der Waals surface area contributed by atoms with Gasteiger partial charge in [-0.3, -0.25) is 0 Å². The van der Waals surface area contributed by atoms with Crippen molar-refractivity contribution in [2.75, 3.05) is 0 Å². The number of nitrogens with zero attached hydrogens (tertiary/aromatic N) is 4. The quantitative estimate of drug-likeness (QED) is 0.420. The fraction of sp³-hybridized carbons (Fsp3) is 0.235. The number of benzene rings is 2. The third kappa shape index (κ3) is 3.65. The molecule has 0 N–H and O–H groups in total. The summed E-state index contributed by atoms with van der Waals surface area (Å²) in [6, 6.07) is 17.6. The number of thioether (sulfide) groups is 1. The van der Waals surface area contributed by atoms with E-state index in [1.54, 1.807) is 16.4 Å². The first-order chi connectivity index (χ1) is 12.0. The van der Waals surface area contributed by atoms with Crippen LogP contribution in [0.4, 0.5) is 0 Å². The minimum Gasteiger partial charge on any atom is -0.187 e. The first-order valence-electron chi connectivity index (χ1n) is 7.68. The summed E-state index contributed by atoms with van der Waals surface area (Å²) in [6.45, 7) is 0. The molecule has 0 bridgehead atoms. The number of alkyl halides is 2. The molecule has 0 aliphatic heterocycles. The Kier molecular flexibility index (Phi) is 4.67. The second-order valence-electron chi connectivity index (χ2n) is 5.87. The van der Waals surface area contributed by atoms with Crippen molar-refractivity contribution >= 4 is 46.6 Å². The largest absolute Gasteiger partial charge is 0.214 e. The molecule has 1 aliphatic carbocycles. The first-order valence-corrected chi connectivity index (χ1v) is 9.70. The van der Waals surface area contributed by atoms with Crippen LogP contribution >= 0.6 is 46.6 Å². The Hall–Kier alpha value is -1.27. The summed E-state index contributed by atoms with van der Waals surface area (Å²) in [5.74, 6) is 0.151. The molecule has 1 heterocycles. The van der Waals surface area contributed by atoms with E-state index in [2.05, 4.69) is 27.7 Å². The van der Waals surface area contributed by atoms with Crippen molar-refractivity contribution in [3.05, 3.63) is 65.2 Å². The lowest BCUT2D eigenvalue weighted by Crippen LogP contribution is -2.05. The minimum absolute atomic E-state index is 0.0771. The fourth-order valence-electron chi connectivity index (χ4n) is 2.70.